The Labute approximate surface area is 95.9 Å². The molecule has 3 atom stereocenters. The molecule has 0 unspecified atom stereocenters. The molecule has 0 aromatic heterocycles. The summed E-state index contributed by atoms with van der Waals surface area (Å²) >= 11 is 0. The number of aliphatic hydroxyl groups is 2. The SMILES string of the molecule is C[C@@H](O)CCCCC[C@@H](O)[C@H]1C=CC(=O)O1. The van der Waals surface area contributed by atoms with Gasteiger partial charge in [-0.05, 0) is 25.8 Å². The van der Waals surface area contributed by atoms with Gasteiger partial charge in [0.2, 0.25) is 0 Å². The van der Waals surface area contributed by atoms with E-state index in [1.165, 1.54) is 6.08 Å². The molecule has 1 heterocycles. The van der Waals surface area contributed by atoms with Gasteiger partial charge in [0.25, 0.3) is 0 Å². The fourth-order valence-electron chi connectivity index (χ4n) is 1.73. The van der Waals surface area contributed by atoms with Crippen LogP contribution in [-0.4, -0.2) is 34.5 Å². The van der Waals surface area contributed by atoms with Crippen molar-refractivity contribution < 1.29 is 19.7 Å². The van der Waals surface area contributed by atoms with E-state index in [0.717, 1.165) is 25.7 Å². The molecule has 0 aromatic rings. The molecule has 0 saturated carbocycles. The number of carbonyl (C=O) groups excluding carboxylic acids is 1. The Hall–Kier alpha value is -0.870. The average Bonchev–Trinajstić information content (AvgIpc) is 2.63. The average molecular weight is 228 g/mol. The van der Waals surface area contributed by atoms with E-state index in [9.17, 15) is 9.90 Å². The summed E-state index contributed by atoms with van der Waals surface area (Å²) in [6.45, 7) is 1.78. The van der Waals surface area contributed by atoms with E-state index in [-0.39, 0.29) is 12.1 Å². The van der Waals surface area contributed by atoms with Crippen LogP contribution in [0.4, 0.5) is 0 Å². The normalized spacial score (nSPS) is 23.2. The zero-order chi connectivity index (χ0) is 12.0. The number of carbonyl (C=O) groups is 1. The number of cyclic esters (lactones) is 1. The highest BCUT2D eigenvalue weighted by Crippen LogP contribution is 2.15. The third-order valence-electron chi connectivity index (χ3n) is 2.68. The van der Waals surface area contributed by atoms with Crippen molar-refractivity contribution >= 4 is 5.97 Å². The van der Waals surface area contributed by atoms with Gasteiger partial charge in [-0.3, -0.25) is 0 Å². The summed E-state index contributed by atoms with van der Waals surface area (Å²) in [4.78, 5) is 10.8. The number of aliphatic hydroxyl groups excluding tert-OH is 2. The van der Waals surface area contributed by atoms with Crippen molar-refractivity contribution in [1.82, 2.24) is 0 Å². The summed E-state index contributed by atoms with van der Waals surface area (Å²) in [5.41, 5.74) is 0. The summed E-state index contributed by atoms with van der Waals surface area (Å²) in [5.74, 6) is -0.377. The molecule has 0 saturated heterocycles. The van der Waals surface area contributed by atoms with Crippen LogP contribution in [0.3, 0.4) is 0 Å². The van der Waals surface area contributed by atoms with Crippen molar-refractivity contribution in [3.05, 3.63) is 12.2 Å². The minimum atomic E-state index is -0.603. The molecule has 0 radical (unpaired) electrons. The largest absolute Gasteiger partial charge is 0.452 e. The zero-order valence-corrected chi connectivity index (χ0v) is 9.63. The monoisotopic (exact) mass is 228 g/mol. The van der Waals surface area contributed by atoms with E-state index in [1.807, 2.05) is 0 Å². The van der Waals surface area contributed by atoms with Gasteiger partial charge in [-0.2, -0.15) is 0 Å². The molecule has 0 bridgehead atoms. The van der Waals surface area contributed by atoms with E-state index in [4.69, 9.17) is 9.84 Å². The third-order valence-corrected chi connectivity index (χ3v) is 2.68. The van der Waals surface area contributed by atoms with Gasteiger partial charge in [-0.15, -0.1) is 0 Å². The highest BCUT2D eigenvalue weighted by atomic mass is 16.6. The van der Waals surface area contributed by atoms with Crippen molar-refractivity contribution in [2.75, 3.05) is 0 Å². The van der Waals surface area contributed by atoms with E-state index in [1.54, 1.807) is 13.0 Å². The number of esters is 1. The van der Waals surface area contributed by atoms with Gasteiger partial charge in [0, 0.05) is 6.08 Å². The minimum Gasteiger partial charge on any atom is -0.452 e. The highest BCUT2D eigenvalue weighted by Gasteiger charge is 2.23. The lowest BCUT2D eigenvalue weighted by Crippen LogP contribution is -2.25. The Kier molecular flexibility index (Phi) is 5.49. The van der Waals surface area contributed by atoms with Crippen LogP contribution in [0, 0.1) is 0 Å². The van der Waals surface area contributed by atoms with Crippen LogP contribution in [0.25, 0.3) is 0 Å². The Morgan fingerprint density at radius 1 is 1.31 bits per heavy atom. The zero-order valence-electron chi connectivity index (χ0n) is 9.63. The van der Waals surface area contributed by atoms with Gasteiger partial charge >= 0.3 is 5.97 Å². The standard InChI is InChI=1S/C12H20O4/c1-9(13)5-3-2-4-6-10(14)11-7-8-12(15)16-11/h7-11,13-14H,2-6H2,1H3/t9-,10-,11-/m1/s1. The van der Waals surface area contributed by atoms with Gasteiger partial charge in [-0.25, -0.2) is 4.79 Å². The molecule has 92 valence electrons. The highest BCUT2D eigenvalue weighted by molar-refractivity contribution is 5.84. The van der Waals surface area contributed by atoms with Gasteiger partial charge in [0.05, 0.1) is 12.2 Å². The van der Waals surface area contributed by atoms with E-state index < -0.39 is 12.2 Å². The molecule has 1 rings (SSSR count). The van der Waals surface area contributed by atoms with E-state index >= 15 is 0 Å². The Morgan fingerprint density at radius 3 is 2.56 bits per heavy atom. The van der Waals surface area contributed by atoms with Crippen LogP contribution in [0.2, 0.25) is 0 Å². The molecular weight excluding hydrogens is 208 g/mol. The molecule has 0 aliphatic carbocycles. The molecule has 4 nitrogen and oxygen atoms in total. The van der Waals surface area contributed by atoms with Crippen LogP contribution in [0.15, 0.2) is 12.2 Å². The molecule has 0 spiro atoms. The first-order valence-corrected chi connectivity index (χ1v) is 5.84. The van der Waals surface area contributed by atoms with Crippen molar-refractivity contribution in [2.24, 2.45) is 0 Å². The number of hydrogen-bond donors (Lipinski definition) is 2. The molecule has 0 aromatic carbocycles. The Bertz CT molecular complexity index is 247. The van der Waals surface area contributed by atoms with Crippen LogP contribution in [0.5, 0.6) is 0 Å². The number of ether oxygens (including phenoxy) is 1. The fourth-order valence-corrected chi connectivity index (χ4v) is 1.73. The minimum absolute atomic E-state index is 0.247. The van der Waals surface area contributed by atoms with Crippen LogP contribution >= 0.6 is 0 Å². The first kappa shape index (κ1) is 13.2. The first-order valence-electron chi connectivity index (χ1n) is 5.84. The van der Waals surface area contributed by atoms with E-state index in [2.05, 4.69) is 0 Å². The Morgan fingerprint density at radius 2 is 2.00 bits per heavy atom. The van der Waals surface area contributed by atoms with Crippen molar-refractivity contribution in [2.45, 2.75) is 57.3 Å². The summed E-state index contributed by atoms with van der Waals surface area (Å²) in [5, 5.41) is 18.7. The second kappa shape index (κ2) is 6.66. The molecule has 1 aliphatic rings. The lowest BCUT2D eigenvalue weighted by atomic mass is 10.0. The quantitative estimate of drug-likeness (QED) is 0.507. The van der Waals surface area contributed by atoms with Crippen LogP contribution in [-0.2, 0) is 9.53 Å². The second-order valence-electron chi connectivity index (χ2n) is 4.31. The van der Waals surface area contributed by atoms with E-state index in [0.29, 0.717) is 6.42 Å². The van der Waals surface area contributed by atoms with Gasteiger partial charge < -0.3 is 14.9 Å². The molecule has 16 heavy (non-hydrogen) atoms. The molecule has 1 aliphatic heterocycles. The fraction of sp³-hybridized carbons (Fsp3) is 0.750. The maximum atomic E-state index is 10.8. The molecule has 0 fully saturated rings. The van der Waals surface area contributed by atoms with Gasteiger partial charge in [-0.1, -0.05) is 19.3 Å². The molecule has 0 amide bonds. The predicted octanol–water partition coefficient (Wildman–Crippen LogP) is 1.16. The summed E-state index contributed by atoms with van der Waals surface area (Å²) < 4.78 is 4.88. The van der Waals surface area contributed by atoms with Crippen LogP contribution in [0.1, 0.15) is 39.0 Å². The lowest BCUT2D eigenvalue weighted by Gasteiger charge is -2.15. The molecule has 4 heteroatoms. The van der Waals surface area contributed by atoms with Crippen molar-refractivity contribution in [1.29, 1.82) is 0 Å². The van der Waals surface area contributed by atoms with Gasteiger partial charge in [0.15, 0.2) is 0 Å². The number of rotatable bonds is 7. The van der Waals surface area contributed by atoms with Crippen LogP contribution < -0.4 is 0 Å². The first-order chi connectivity index (χ1) is 7.59. The van der Waals surface area contributed by atoms with Crippen molar-refractivity contribution in [3.63, 3.8) is 0 Å². The topological polar surface area (TPSA) is 66.8 Å². The maximum Gasteiger partial charge on any atom is 0.331 e. The molecule has 2 N–H and O–H groups in total. The third kappa shape index (κ3) is 4.77. The summed E-state index contributed by atoms with van der Waals surface area (Å²) in [6.07, 6.45) is 5.88. The van der Waals surface area contributed by atoms with Gasteiger partial charge in [0.1, 0.15) is 6.10 Å². The van der Waals surface area contributed by atoms with Crippen molar-refractivity contribution in [3.8, 4) is 0 Å². The predicted molar refractivity (Wildman–Crippen MR) is 59.8 cm³/mol. The summed E-state index contributed by atoms with van der Waals surface area (Å²) in [6, 6.07) is 0. The second-order valence-corrected chi connectivity index (χ2v) is 4.31. The Balaban J connectivity index is 2.04. The smallest absolute Gasteiger partial charge is 0.331 e. The summed E-state index contributed by atoms with van der Waals surface area (Å²) in [7, 11) is 0. The maximum absolute atomic E-state index is 10.8. The number of hydrogen-bond acceptors (Lipinski definition) is 4. The molecular formula is C12H20O4. The number of unbranched alkanes of at least 4 members (excludes halogenated alkanes) is 2. The lowest BCUT2D eigenvalue weighted by molar-refractivity contribution is -0.142.